The Morgan fingerprint density at radius 3 is 2.50 bits per heavy atom. The molecule has 0 saturated heterocycles. The van der Waals surface area contributed by atoms with Gasteiger partial charge in [0.2, 0.25) is 0 Å². The zero-order chi connectivity index (χ0) is 15.1. The van der Waals surface area contributed by atoms with Crippen LogP contribution in [0.25, 0.3) is 0 Å². The molecule has 1 N–H and O–H groups in total. The van der Waals surface area contributed by atoms with Gasteiger partial charge in [-0.25, -0.2) is 4.79 Å². The Bertz CT molecular complexity index is 463. The molecule has 2 amide bonds. The van der Waals surface area contributed by atoms with E-state index in [2.05, 4.69) is 5.32 Å². The summed E-state index contributed by atoms with van der Waals surface area (Å²) in [6.45, 7) is 2.53. The molecule has 0 aromatic heterocycles. The monoisotopic (exact) mass is 314 g/mol. The lowest BCUT2D eigenvalue weighted by Crippen LogP contribution is -2.42. The molecule has 112 valence electrons. The Labute approximate surface area is 127 Å². The van der Waals surface area contributed by atoms with E-state index < -0.39 is 10.8 Å². The lowest BCUT2D eigenvalue weighted by atomic mass is 10.2. The maximum absolute atomic E-state index is 12.0. The molecule has 0 unspecified atom stereocenters. The highest BCUT2D eigenvalue weighted by Gasteiger charge is 2.12. The van der Waals surface area contributed by atoms with Crippen molar-refractivity contribution in [1.29, 1.82) is 0 Å². The van der Waals surface area contributed by atoms with Gasteiger partial charge in [-0.3, -0.25) is 4.21 Å². The largest absolute Gasteiger partial charge is 0.335 e. The van der Waals surface area contributed by atoms with Gasteiger partial charge in [-0.15, -0.1) is 0 Å². The van der Waals surface area contributed by atoms with Crippen molar-refractivity contribution in [2.75, 3.05) is 25.3 Å². The second-order valence-corrected chi connectivity index (χ2v) is 7.05. The molecule has 0 heterocycles. The topological polar surface area (TPSA) is 49.4 Å². The Balaban J connectivity index is 2.54. The van der Waals surface area contributed by atoms with Crippen LogP contribution in [0.1, 0.15) is 12.5 Å². The molecule has 0 saturated carbocycles. The van der Waals surface area contributed by atoms with E-state index in [0.717, 1.165) is 16.2 Å². The number of hydrogen-bond donors (Lipinski definition) is 1. The van der Waals surface area contributed by atoms with Crippen LogP contribution < -0.4 is 5.32 Å². The van der Waals surface area contributed by atoms with Crippen molar-refractivity contribution in [3.8, 4) is 0 Å². The number of carbonyl (C=O) groups excluding carboxylic acids is 1. The molecule has 0 fully saturated rings. The number of carbonyl (C=O) groups is 1. The van der Waals surface area contributed by atoms with Crippen LogP contribution in [0.5, 0.6) is 0 Å². The number of nitrogens with one attached hydrogen (secondary N) is 1. The molecule has 0 bridgehead atoms. The van der Waals surface area contributed by atoms with Crippen LogP contribution in [-0.4, -0.2) is 46.5 Å². The lowest BCUT2D eigenvalue weighted by Gasteiger charge is -2.21. The van der Waals surface area contributed by atoms with Crippen molar-refractivity contribution in [2.24, 2.45) is 0 Å². The van der Waals surface area contributed by atoms with Gasteiger partial charge in [0.05, 0.1) is 0 Å². The van der Waals surface area contributed by atoms with Gasteiger partial charge in [0.15, 0.2) is 0 Å². The lowest BCUT2D eigenvalue weighted by molar-refractivity contribution is 0.204. The summed E-state index contributed by atoms with van der Waals surface area (Å²) in [4.78, 5) is 14.4. The molecule has 1 aromatic rings. The van der Waals surface area contributed by atoms with E-state index in [9.17, 15) is 9.00 Å². The van der Waals surface area contributed by atoms with Gasteiger partial charge in [0, 0.05) is 47.3 Å². The number of urea groups is 1. The minimum absolute atomic E-state index is 0.0744. The van der Waals surface area contributed by atoms with Crippen LogP contribution in [0.4, 0.5) is 4.79 Å². The van der Waals surface area contributed by atoms with E-state index >= 15 is 0 Å². The molecule has 2 atom stereocenters. The first kappa shape index (κ1) is 17.0. The van der Waals surface area contributed by atoms with E-state index in [0.29, 0.717) is 6.54 Å². The van der Waals surface area contributed by atoms with Crippen LogP contribution in [0.3, 0.4) is 0 Å². The molecule has 0 aliphatic carbocycles. The second-order valence-electron chi connectivity index (χ2n) is 4.76. The van der Waals surface area contributed by atoms with Crippen LogP contribution in [0, 0.1) is 0 Å². The van der Waals surface area contributed by atoms with Crippen molar-refractivity contribution in [3.05, 3.63) is 29.8 Å². The number of rotatable bonds is 6. The van der Waals surface area contributed by atoms with Crippen LogP contribution in [0.2, 0.25) is 0 Å². The number of thioether (sulfide) groups is 1. The Hall–Kier alpha value is -1.01. The van der Waals surface area contributed by atoms with E-state index in [1.807, 2.05) is 37.4 Å². The summed E-state index contributed by atoms with van der Waals surface area (Å²) < 4.78 is 11.3. The van der Waals surface area contributed by atoms with E-state index in [4.69, 9.17) is 0 Å². The van der Waals surface area contributed by atoms with Gasteiger partial charge < -0.3 is 10.2 Å². The highest BCUT2D eigenvalue weighted by molar-refractivity contribution is 7.98. The highest BCUT2D eigenvalue weighted by atomic mass is 32.2. The summed E-state index contributed by atoms with van der Waals surface area (Å²) in [5, 5.41) is 2.95. The van der Waals surface area contributed by atoms with Gasteiger partial charge in [-0.2, -0.15) is 11.8 Å². The average molecular weight is 314 g/mol. The fourth-order valence-electron chi connectivity index (χ4n) is 1.74. The van der Waals surface area contributed by atoms with Crippen LogP contribution >= 0.6 is 11.8 Å². The predicted octanol–water partition coefficient (Wildman–Crippen LogP) is 2.32. The van der Waals surface area contributed by atoms with Crippen molar-refractivity contribution in [1.82, 2.24) is 10.2 Å². The smallest absolute Gasteiger partial charge is 0.317 e. The standard InChI is InChI=1S/C14H22N2O2S2/c1-11(10-19-3)15-14(17)16(2)9-12-5-7-13(8-6-12)20(4)18/h5-8,11H,9-10H2,1-4H3,(H,15,17)/t11-,20+/m0/s1. The fourth-order valence-corrected chi connectivity index (χ4v) is 2.85. The Morgan fingerprint density at radius 1 is 1.40 bits per heavy atom. The first-order valence-corrected chi connectivity index (χ1v) is 9.32. The third-order valence-electron chi connectivity index (χ3n) is 2.81. The number of amides is 2. The maximum Gasteiger partial charge on any atom is 0.317 e. The number of nitrogens with zero attached hydrogens (tertiary/aromatic N) is 1. The first-order valence-electron chi connectivity index (χ1n) is 6.37. The van der Waals surface area contributed by atoms with Crippen molar-refractivity contribution in [3.63, 3.8) is 0 Å². The van der Waals surface area contributed by atoms with Gasteiger partial charge in [-0.05, 0) is 30.9 Å². The first-order chi connectivity index (χ1) is 9.43. The zero-order valence-electron chi connectivity index (χ0n) is 12.4. The zero-order valence-corrected chi connectivity index (χ0v) is 14.0. The molecule has 0 aliphatic heterocycles. The van der Waals surface area contributed by atoms with E-state index in [1.165, 1.54) is 0 Å². The normalized spacial score (nSPS) is 13.6. The Morgan fingerprint density at radius 2 is 2.00 bits per heavy atom. The molecular weight excluding hydrogens is 292 g/mol. The summed E-state index contributed by atoms with van der Waals surface area (Å²) in [6, 6.07) is 7.58. The number of benzene rings is 1. The van der Waals surface area contributed by atoms with E-state index in [-0.39, 0.29) is 12.1 Å². The van der Waals surface area contributed by atoms with Crippen molar-refractivity contribution in [2.45, 2.75) is 24.4 Å². The minimum Gasteiger partial charge on any atom is -0.335 e. The minimum atomic E-state index is -0.964. The molecule has 20 heavy (non-hydrogen) atoms. The average Bonchev–Trinajstić information content (AvgIpc) is 2.39. The summed E-state index contributed by atoms with van der Waals surface area (Å²) in [5.74, 6) is 0.899. The number of hydrogen-bond acceptors (Lipinski definition) is 3. The van der Waals surface area contributed by atoms with Crippen LogP contribution in [-0.2, 0) is 17.3 Å². The molecule has 0 aliphatic rings. The van der Waals surface area contributed by atoms with Gasteiger partial charge in [0.1, 0.15) is 0 Å². The quantitative estimate of drug-likeness (QED) is 0.876. The van der Waals surface area contributed by atoms with E-state index in [1.54, 1.807) is 30.0 Å². The highest BCUT2D eigenvalue weighted by Crippen LogP contribution is 2.09. The molecule has 1 rings (SSSR count). The molecular formula is C14H22N2O2S2. The SMILES string of the molecule is CSC[C@H](C)NC(=O)N(C)Cc1ccc([S@@](C)=O)cc1. The molecule has 0 radical (unpaired) electrons. The second kappa shape index (κ2) is 8.32. The predicted molar refractivity (Wildman–Crippen MR) is 86.6 cm³/mol. The third-order valence-corrected chi connectivity index (χ3v) is 4.58. The fraction of sp³-hybridized carbons (Fsp3) is 0.500. The summed E-state index contributed by atoms with van der Waals surface area (Å²) in [6.07, 6.45) is 3.67. The molecule has 6 heteroatoms. The maximum atomic E-state index is 12.0. The van der Waals surface area contributed by atoms with Gasteiger partial charge in [0.25, 0.3) is 0 Å². The van der Waals surface area contributed by atoms with Crippen molar-refractivity contribution < 1.29 is 9.00 Å². The summed E-state index contributed by atoms with van der Waals surface area (Å²) in [5.41, 5.74) is 1.02. The Kier molecular flexibility index (Phi) is 7.09. The van der Waals surface area contributed by atoms with Gasteiger partial charge >= 0.3 is 6.03 Å². The van der Waals surface area contributed by atoms with Gasteiger partial charge in [-0.1, -0.05) is 12.1 Å². The molecule has 1 aromatic carbocycles. The van der Waals surface area contributed by atoms with Crippen LogP contribution in [0.15, 0.2) is 29.2 Å². The third kappa shape index (κ3) is 5.54. The summed E-state index contributed by atoms with van der Waals surface area (Å²) in [7, 11) is 0.807. The molecule has 4 nitrogen and oxygen atoms in total. The summed E-state index contributed by atoms with van der Waals surface area (Å²) >= 11 is 1.71. The van der Waals surface area contributed by atoms with Crippen molar-refractivity contribution >= 4 is 28.6 Å². The molecule has 0 spiro atoms.